The second kappa shape index (κ2) is 6.68. The van der Waals surface area contributed by atoms with E-state index < -0.39 is 41.1 Å². The van der Waals surface area contributed by atoms with Gasteiger partial charge < -0.3 is 11.1 Å². The Bertz CT molecular complexity index is 830. The van der Waals surface area contributed by atoms with Crippen LogP contribution in [0.3, 0.4) is 0 Å². The van der Waals surface area contributed by atoms with Gasteiger partial charge in [-0.05, 0) is 42.3 Å². The number of alkyl halides is 3. The van der Waals surface area contributed by atoms with E-state index in [0.29, 0.717) is 0 Å². The first-order chi connectivity index (χ1) is 12.2. The number of nitrogens with two attached hydrogens (primary N) is 1. The number of hydrogen-bond donors (Lipinski definition) is 2. The van der Waals surface area contributed by atoms with E-state index in [2.05, 4.69) is 5.32 Å². The average molecular weight is 370 g/mol. The fourth-order valence-electron chi connectivity index (χ4n) is 2.95. The van der Waals surface area contributed by atoms with Crippen LogP contribution in [0.1, 0.15) is 29.0 Å². The van der Waals surface area contributed by atoms with Gasteiger partial charge in [-0.1, -0.05) is 6.07 Å². The number of halogens is 5. The van der Waals surface area contributed by atoms with Crippen molar-refractivity contribution in [2.45, 2.75) is 25.1 Å². The van der Waals surface area contributed by atoms with Crippen LogP contribution >= 0.6 is 0 Å². The Morgan fingerprint density at radius 1 is 1.15 bits per heavy atom. The van der Waals surface area contributed by atoms with Gasteiger partial charge in [-0.3, -0.25) is 4.79 Å². The summed E-state index contributed by atoms with van der Waals surface area (Å²) in [4.78, 5) is 12.3. The first kappa shape index (κ1) is 18.3. The topological polar surface area (TPSA) is 55.1 Å². The number of rotatable bonds is 4. The summed E-state index contributed by atoms with van der Waals surface area (Å²) in [7, 11) is 0. The molecule has 1 amide bonds. The second-order valence-corrected chi connectivity index (χ2v) is 6.19. The highest BCUT2D eigenvalue weighted by Crippen LogP contribution is 2.49. The van der Waals surface area contributed by atoms with Crippen LogP contribution in [-0.2, 0) is 17.5 Å². The minimum Gasteiger partial charge on any atom is -0.326 e. The van der Waals surface area contributed by atoms with E-state index in [1.807, 2.05) is 0 Å². The zero-order valence-corrected chi connectivity index (χ0v) is 13.4. The third kappa shape index (κ3) is 3.70. The predicted octanol–water partition coefficient (Wildman–Crippen LogP) is 4.18. The summed E-state index contributed by atoms with van der Waals surface area (Å²) >= 11 is 0. The van der Waals surface area contributed by atoms with E-state index in [9.17, 15) is 26.7 Å². The molecule has 0 saturated heterocycles. The monoisotopic (exact) mass is 370 g/mol. The Hall–Kier alpha value is -2.48. The van der Waals surface area contributed by atoms with Gasteiger partial charge >= 0.3 is 6.18 Å². The Labute approximate surface area is 146 Å². The van der Waals surface area contributed by atoms with Gasteiger partial charge in [-0.15, -0.1) is 0 Å². The molecule has 2 unspecified atom stereocenters. The van der Waals surface area contributed by atoms with Crippen molar-refractivity contribution in [3.63, 3.8) is 0 Å². The maximum absolute atomic E-state index is 13.8. The summed E-state index contributed by atoms with van der Waals surface area (Å²) in [6.07, 6.45) is -4.35. The van der Waals surface area contributed by atoms with Crippen LogP contribution in [0, 0.1) is 17.6 Å². The third-order valence-corrected chi connectivity index (χ3v) is 4.32. The van der Waals surface area contributed by atoms with Crippen molar-refractivity contribution >= 4 is 11.6 Å². The minimum atomic E-state index is -4.58. The Kier molecular flexibility index (Phi) is 4.70. The zero-order valence-electron chi connectivity index (χ0n) is 13.4. The summed E-state index contributed by atoms with van der Waals surface area (Å²) < 4.78 is 66.3. The fraction of sp³-hybridized carbons (Fsp3) is 0.278. The number of benzene rings is 2. The van der Waals surface area contributed by atoms with Gasteiger partial charge in [-0.2, -0.15) is 13.2 Å². The smallest absolute Gasteiger partial charge is 0.326 e. The van der Waals surface area contributed by atoms with Gasteiger partial charge in [0.15, 0.2) is 0 Å². The first-order valence-corrected chi connectivity index (χ1v) is 7.86. The lowest BCUT2D eigenvalue weighted by Gasteiger charge is -2.12. The van der Waals surface area contributed by atoms with E-state index in [1.165, 1.54) is 12.1 Å². The number of anilines is 1. The van der Waals surface area contributed by atoms with E-state index in [-0.39, 0.29) is 29.8 Å². The molecule has 3 rings (SSSR count). The summed E-state index contributed by atoms with van der Waals surface area (Å²) in [5, 5.41) is 2.39. The number of amides is 1. The molecule has 1 aliphatic rings. The third-order valence-electron chi connectivity index (χ3n) is 4.32. The van der Waals surface area contributed by atoms with Crippen LogP contribution in [-0.4, -0.2) is 5.91 Å². The van der Waals surface area contributed by atoms with Gasteiger partial charge in [0, 0.05) is 29.6 Å². The van der Waals surface area contributed by atoms with Crippen molar-refractivity contribution in [3.8, 4) is 0 Å². The van der Waals surface area contributed by atoms with E-state index in [1.54, 1.807) is 0 Å². The molecule has 0 aromatic heterocycles. The second-order valence-electron chi connectivity index (χ2n) is 6.19. The molecule has 1 saturated carbocycles. The molecular weight excluding hydrogens is 355 g/mol. The molecular formula is C18H15F5N2O. The average Bonchev–Trinajstić information content (AvgIpc) is 3.34. The Balaban J connectivity index is 1.77. The highest BCUT2D eigenvalue weighted by atomic mass is 19.4. The maximum Gasteiger partial charge on any atom is 0.416 e. The molecule has 0 radical (unpaired) electrons. The van der Waals surface area contributed by atoms with Gasteiger partial charge in [0.2, 0.25) is 5.91 Å². The standard InChI is InChI=1S/C18H15F5N2O/c19-14-2-1-3-15(20)16(14)12-7-13(12)17(26)25-11-5-9(8-24)4-10(6-11)18(21,22)23/h1-6,12-13H,7-8,24H2,(H,25,26). The van der Waals surface area contributed by atoms with Crippen molar-refractivity contribution in [2.24, 2.45) is 11.7 Å². The summed E-state index contributed by atoms with van der Waals surface area (Å²) in [5.74, 6) is -3.39. The zero-order chi connectivity index (χ0) is 19.1. The molecule has 3 nitrogen and oxygen atoms in total. The Morgan fingerprint density at radius 2 is 1.81 bits per heavy atom. The lowest BCUT2D eigenvalue weighted by Crippen LogP contribution is -2.16. The highest BCUT2D eigenvalue weighted by Gasteiger charge is 2.46. The maximum atomic E-state index is 13.8. The summed E-state index contributed by atoms with van der Waals surface area (Å²) in [6, 6.07) is 6.48. The largest absolute Gasteiger partial charge is 0.416 e. The van der Waals surface area contributed by atoms with E-state index >= 15 is 0 Å². The van der Waals surface area contributed by atoms with Crippen LogP contribution in [0.25, 0.3) is 0 Å². The molecule has 2 aromatic carbocycles. The van der Waals surface area contributed by atoms with Crippen LogP contribution in [0.4, 0.5) is 27.6 Å². The first-order valence-electron chi connectivity index (χ1n) is 7.86. The van der Waals surface area contributed by atoms with Gasteiger partial charge in [0.1, 0.15) is 11.6 Å². The lowest BCUT2D eigenvalue weighted by molar-refractivity contribution is -0.137. The molecule has 3 N–H and O–H groups in total. The molecule has 138 valence electrons. The highest BCUT2D eigenvalue weighted by molar-refractivity contribution is 5.95. The van der Waals surface area contributed by atoms with Crippen LogP contribution < -0.4 is 11.1 Å². The van der Waals surface area contributed by atoms with Crippen molar-refractivity contribution < 1.29 is 26.7 Å². The molecule has 1 aliphatic carbocycles. The predicted molar refractivity (Wildman–Crippen MR) is 85.2 cm³/mol. The van der Waals surface area contributed by atoms with Gasteiger partial charge in [0.25, 0.3) is 0 Å². The molecule has 0 bridgehead atoms. The lowest BCUT2D eigenvalue weighted by atomic mass is 10.1. The van der Waals surface area contributed by atoms with Crippen molar-refractivity contribution in [3.05, 3.63) is 64.7 Å². The summed E-state index contributed by atoms with van der Waals surface area (Å²) in [5.41, 5.74) is 4.47. The van der Waals surface area contributed by atoms with Gasteiger partial charge in [0.05, 0.1) is 5.56 Å². The number of nitrogens with one attached hydrogen (secondary N) is 1. The number of carbonyl (C=O) groups is 1. The van der Waals surface area contributed by atoms with Crippen molar-refractivity contribution in [2.75, 3.05) is 5.32 Å². The Morgan fingerprint density at radius 3 is 2.38 bits per heavy atom. The molecule has 0 spiro atoms. The molecule has 0 aliphatic heterocycles. The van der Waals surface area contributed by atoms with E-state index in [0.717, 1.165) is 24.3 Å². The molecule has 0 heterocycles. The fourth-order valence-corrected chi connectivity index (χ4v) is 2.95. The van der Waals surface area contributed by atoms with Crippen LogP contribution in [0.5, 0.6) is 0 Å². The van der Waals surface area contributed by atoms with Crippen molar-refractivity contribution in [1.29, 1.82) is 0 Å². The van der Waals surface area contributed by atoms with E-state index in [4.69, 9.17) is 5.73 Å². The number of carbonyl (C=O) groups excluding carboxylic acids is 1. The SMILES string of the molecule is NCc1cc(NC(=O)C2CC2c2c(F)cccc2F)cc(C(F)(F)F)c1. The molecule has 8 heteroatoms. The molecule has 2 atom stereocenters. The van der Waals surface area contributed by atoms with Gasteiger partial charge in [-0.25, -0.2) is 8.78 Å². The normalized spacial score (nSPS) is 19.3. The molecule has 26 heavy (non-hydrogen) atoms. The van der Waals surface area contributed by atoms with Crippen LogP contribution in [0.15, 0.2) is 36.4 Å². The molecule has 1 fully saturated rings. The number of hydrogen-bond acceptors (Lipinski definition) is 2. The van der Waals surface area contributed by atoms with Crippen molar-refractivity contribution in [1.82, 2.24) is 0 Å². The van der Waals surface area contributed by atoms with Crippen LogP contribution in [0.2, 0.25) is 0 Å². The summed E-state index contributed by atoms with van der Waals surface area (Å²) in [6.45, 7) is -0.126. The molecule has 2 aromatic rings. The quantitative estimate of drug-likeness (QED) is 0.793. The minimum absolute atomic E-state index is 0.0510.